The monoisotopic (exact) mass is 433 g/mol. The third-order valence-electron chi connectivity index (χ3n) is 5.48. The molecule has 0 saturated carbocycles. The van der Waals surface area contributed by atoms with Crippen molar-refractivity contribution in [3.63, 3.8) is 0 Å². The molecule has 0 fully saturated rings. The largest absolute Gasteiger partial charge is 0.468 e. The van der Waals surface area contributed by atoms with E-state index in [9.17, 15) is 14.9 Å². The second-order valence-electron chi connectivity index (χ2n) is 7.48. The summed E-state index contributed by atoms with van der Waals surface area (Å²) in [4.78, 5) is 25.2. The maximum absolute atomic E-state index is 12.7. The molecule has 0 radical (unpaired) electrons. The Morgan fingerprint density at radius 2 is 2.10 bits per heavy atom. The van der Waals surface area contributed by atoms with Gasteiger partial charge < -0.3 is 15.1 Å². The number of hydrogen-bond acceptors (Lipinski definition) is 6. The number of anilines is 1. The number of furan rings is 1. The number of nitrogens with zero attached hydrogens (tertiary/aromatic N) is 1. The van der Waals surface area contributed by atoms with E-state index in [2.05, 4.69) is 23.6 Å². The SMILES string of the molecule is CCc1ccc(NC(=O)CSC2=C(C#N)[C@H](c3ccco3)C3=C(CCCC3=O)N2)cc1. The molecule has 158 valence electrons. The fourth-order valence-corrected chi connectivity index (χ4v) is 4.80. The van der Waals surface area contributed by atoms with Crippen LogP contribution in [-0.4, -0.2) is 17.4 Å². The van der Waals surface area contributed by atoms with Crippen molar-refractivity contribution < 1.29 is 14.0 Å². The Bertz CT molecular complexity index is 1090. The van der Waals surface area contributed by atoms with E-state index in [1.807, 2.05) is 24.3 Å². The van der Waals surface area contributed by atoms with Gasteiger partial charge >= 0.3 is 0 Å². The molecule has 2 aromatic rings. The third kappa shape index (κ3) is 4.44. The topological polar surface area (TPSA) is 95.1 Å². The minimum Gasteiger partial charge on any atom is -0.468 e. The summed E-state index contributed by atoms with van der Waals surface area (Å²) in [5.41, 5.74) is 3.80. The van der Waals surface area contributed by atoms with Crippen LogP contribution in [0, 0.1) is 11.3 Å². The molecule has 0 saturated heterocycles. The average molecular weight is 434 g/mol. The number of ketones is 1. The van der Waals surface area contributed by atoms with Crippen LogP contribution in [0.4, 0.5) is 5.69 Å². The van der Waals surface area contributed by atoms with Gasteiger partial charge in [0.25, 0.3) is 0 Å². The number of nitriles is 1. The number of Topliss-reactive ketones (excluding diaryl/α,β-unsaturated/α-hetero) is 1. The van der Waals surface area contributed by atoms with Crippen molar-refractivity contribution in [1.29, 1.82) is 5.26 Å². The first kappa shape index (κ1) is 21.0. The quantitative estimate of drug-likeness (QED) is 0.689. The Balaban J connectivity index is 1.54. The van der Waals surface area contributed by atoms with E-state index in [0.717, 1.165) is 30.6 Å². The van der Waals surface area contributed by atoms with Gasteiger partial charge in [0.15, 0.2) is 5.78 Å². The zero-order chi connectivity index (χ0) is 21.8. The van der Waals surface area contributed by atoms with Gasteiger partial charge in [-0.25, -0.2) is 0 Å². The molecule has 1 amide bonds. The van der Waals surface area contributed by atoms with Crippen LogP contribution in [-0.2, 0) is 16.0 Å². The van der Waals surface area contributed by atoms with Gasteiger partial charge in [0.1, 0.15) is 5.76 Å². The number of nitrogens with one attached hydrogen (secondary N) is 2. The van der Waals surface area contributed by atoms with Gasteiger partial charge in [-0.1, -0.05) is 30.8 Å². The summed E-state index contributed by atoms with van der Waals surface area (Å²) in [6.07, 6.45) is 4.46. The average Bonchev–Trinajstić information content (AvgIpc) is 3.32. The lowest BCUT2D eigenvalue weighted by Gasteiger charge is -2.32. The summed E-state index contributed by atoms with van der Waals surface area (Å²) in [5.74, 6) is 0.0652. The van der Waals surface area contributed by atoms with Crippen LogP contribution in [0.3, 0.4) is 0 Å². The van der Waals surface area contributed by atoms with Crippen LogP contribution >= 0.6 is 11.8 Å². The zero-order valence-electron chi connectivity index (χ0n) is 17.2. The number of allylic oxidation sites excluding steroid dienone is 3. The van der Waals surface area contributed by atoms with E-state index >= 15 is 0 Å². The summed E-state index contributed by atoms with van der Waals surface area (Å²) in [5, 5.41) is 16.7. The van der Waals surface area contributed by atoms with Crippen molar-refractivity contribution in [1.82, 2.24) is 5.32 Å². The van der Waals surface area contributed by atoms with E-state index in [0.29, 0.717) is 28.4 Å². The molecule has 2 aliphatic rings. The lowest BCUT2D eigenvalue weighted by atomic mass is 9.79. The van der Waals surface area contributed by atoms with Gasteiger partial charge in [-0.3, -0.25) is 9.59 Å². The van der Waals surface area contributed by atoms with E-state index in [4.69, 9.17) is 4.42 Å². The van der Waals surface area contributed by atoms with E-state index in [1.54, 1.807) is 18.4 Å². The second kappa shape index (κ2) is 9.27. The van der Waals surface area contributed by atoms with Crippen LogP contribution in [0.1, 0.15) is 43.4 Å². The Morgan fingerprint density at radius 1 is 1.29 bits per heavy atom. The van der Waals surface area contributed by atoms with Gasteiger partial charge in [-0.2, -0.15) is 5.26 Å². The molecule has 2 heterocycles. The van der Waals surface area contributed by atoms with Crippen LogP contribution in [0.15, 0.2) is 69.0 Å². The van der Waals surface area contributed by atoms with Crippen molar-refractivity contribution in [3.8, 4) is 6.07 Å². The number of aryl methyl sites for hydroxylation is 1. The minimum absolute atomic E-state index is 0.0419. The Hall–Kier alpha value is -3.24. The first-order valence-corrected chi connectivity index (χ1v) is 11.3. The van der Waals surface area contributed by atoms with E-state index in [-0.39, 0.29) is 17.4 Å². The smallest absolute Gasteiger partial charge is 0.234 e. The lowest BCUT2D eigenvalue weighted by molar-refractivity contribution is -0.116. The van der Waals surface area contributed by atoms with Crippen LogP contribution < -0.4 is 10.6 Å². The summed E-state index contributed by atoms with van der Waals surface area (Å²) in [7, 11) is 0. The molecule has 0 unspecified atom stereocenters. The highest BCUT2D eigenvalue weighted by molar-refractivity contribution is 8.03. The maximum Gasteiger partial charge on any atom is 0.234 e. The number of rotatable bonds is 6. The van der Waals surface area contributed by atoms with Crippen LogP contribution in [0.2, 0.25) is 0 Å². The maximum atomic E-state index is 12.7. The predicted octanol–water partition coefficient (Wildman–Crippen LogP) is 4.64. The van der Waals surface area contributed by atoms with Crippen molar-refractivity contribution >= 4 is 29.1 Å². The third-order valence-corrected chi connectivity index (χ3v) is 6.50. The number of carbonyl (C=O) groups excluding carboxylic acids is 2. The van der Waals surface area contributed by atoms with Crippen LogP contribution in [0.25, 0.3) is 0 Å². The highest BCUT2D eigenvalue weighted by Crippen LogP contribution is 2.44. The minimum atomic E-state index is -0.531. The fraction of sp³-hybridized carbons (Fsp3) is 0.292. The molecule has 0 bridgehead atoms. The summed E-state index contributed by atoms with van der Waals surface area (Å²) < 4.78 is 5.59. The Kier molecular flexibility index (Phi) is 6.28. The summed E-state index contributed by atoms with van der Waals surface area (Å²) in [6, 6.07) is 13.5. The van der Waals surface area contributed by atoms with Gasteiger partial charge in [-0.15, -0.1) is 0 Å². The van der Waals surface area contributed by atoms with Crippen LogP contribution in [0.5, 0.6) is 0 Å². The molecule has 1 atom stereocenters. The van der Waals surface area contributed by atoms with E-state index < -0.39 is 5.92 Å². The van der Waals surface area contributed by atoms with Gasteiger partial charge in [0.2, 0.25) is 5.91 Å². The van der Waals surface area contributed by atoms with Crippen molar-refractivity contribution in [2.24, 2.45) is 0 Å². The molecular weight excluding hydrogens is 410 g/mol. The number of hydrogen-bond donors (Lipinski definition) is 2. The normalized spacial score (nSPS) is 18.3. The number of thioether (sulfide) groups is 1. The number of benzene rings is 1. The molecule has 7 heteroatoms. The molecule has 1 aromatic carbocycles. The van der Waals surface area contributed by atoms with E-state index in [1.165, 1.54) is 17.3 Å². The standard InChI is InChI=1S/C24H23N3O3S/c1-2-15-8-10-16(11-9-15)26-21(29)14-31-24-17(13-25)22(20-7-4-12-30-20)23-18(27-24)5-3-6-19(23)28/h4,7-12,22,27H,2-3,5-6,14H2,1H3,(H,26,29)/t22-/m1/s1. The Labute approximate surface area is 185 Å². The van der Waals surface area contributed by atoms with Gasteiger partial charge in [-0.05, 0) is 49.1 Å². The molecule has 4 rings (SSSR count). The summed E-state index contributed by atoms with van der Waals surface area (Å²) in [6.45, 7) is 2.08. The summed E-state index contributed by atoms with van der Waals surface area (Å²) >= 11 is 1.27. The molecule has 1 aromatic heterocycles. The first-order chi connectivity index (χ1) is 15.1. The Morgan fingerprint density at radius 3 is 2.77 bits per heavy atom. The fourth-order valence-electron chi connectivity index (χ4n) is 3.94. The number of dihydropyridines is 1. The predicted molar refractivity (Wildman–Crippen MR) is 120 cm³/mol. The molecule has 31 heavy (non-hydrogen) atoms. The second-order valence-corrected chi connectivity index (χ2v) is 8.47. The molecular formula is C24H23N3O3S. The zero-order valence-corrected chi connectivity index (χ0v) is 18.1. The number of amides is 1. The molecule has 1 aliphatic heterocycles. The highest BCUT2D eigenvalue weighted by Gasteiger charge is 2.38. The number of carbonyl (C=O) groups is 2. The first-order valence-electron chi connectivity index (χ1n) is 10.3. The highest BCUT2D eigenvalue weighted by atomic mass is 32.2. The van der Waals surface area contributed by atoms with Crippen molar-refractivity contribution in [2.75, 3.05) is 11.1 Å². The lowest BCUT2D eigenvalue weighted by Crippen LogP contribution is -2.31. The van der Waals surface area contributed by atoms with Gasteiger partial charge in [0.05, 0.1) is 34.6 Å². The molecule has 1 aliphatic carbocycles. The molecule has 2 N–H and O–H groups in total. The van der Waals surface area contributed by atoms with Crippen molar-refractivity contribution in [3.05, 3.63) is 75.9 Å². The molecule has 0 spiro atoms. The molecule has 6 nitrogen and oxygen atoms in total. The van der Waals surface area contributed by atoms with Crippen molar-refractivity contribution in [2.45, 2.75) is 38.5 Å². The van der Waals surface area contributed by atoms with Gasteiger partial charge in [0, 0.05) is 23.4 Å².